The fourth-order valence-corrected chi connectivity index (χ4v) is 3.63. The van der Waals surface area contributed by atoms with Crippen molar-refractivity contribution in [1.82, 2.24) is 10.3 Å². The molecule has 18 heavy (non-hydrogen) atoms. The fourth-order valence-electron chi connectivity index (χ4n) is 2.10. The molecule has 0 fully saturated rings. The molecule has 2 heterocycles. The molecule has 1 N–H and O–H groups in total. The average Bonchev–Trinajstić information content (AvgIpc) is 2.81. The van der Waals surface area contributed by atoms with Crippen LogP contribution in [-0.2, 0) is 12.8 Å². The van der Waals surface area contributed by atoms with E-state index in [2.05, 4.69) is 51.4 Å². The zero-order valence-electron chi connectivity index (χ0n) is 10.6. The zero-order chi connectivity index (χ0) is 13.0. The van der Waals surface area contributed by atoms with E-state index in [4.69, 9.17) is 0 Å². The molecule has 1 unspecified atom stereocenters. The molecule has 0 aromatic carbocycles. The van der Waals surface area contributed by atoms with Crippen LogP contribution in [0.15, 0.2) is 34.4 Å². The molecule has 2 rings (SSSR count). The highest BCUT2D eigenvalue weighted by Crippen LogP contribution is 2.28. The van der Waals surface area contributed by atoms with Crippen molar-refractivity contribution in [3.63, 3.8) is 0 Å². The van der Waals surface area contributed by atoms with Crippen LogP contribution in [0.1, 0.15) is 29.0 Å². The first-order chi connectivity index (χ1) is 8.74. The average molecular weight is 325 g/mol. The minimum atomic E-state index is 0.355. The Bertz CT molecular complexity index is 510. The van der Waals surface area contributed by atoms with Crippen LogP contribution in [0.3, 0.4) is 0 Å². The van der Waals surface area contributed by atoms with Crippen molar-refractivity contribution < 1.29 is 0 Å². The Morgan fingerprint density at radius 1 is 1.39 bits per heavy atom. The Morgan fingerprint density at radius 2 is 2.22 bits per heavy atom. The van der Waals surface area contributed by atoms with E-state index in [1.807, 2.05) is 19.4 Å². The van der Waals surface area contributed by atoms with Crippen LogP contribution >= 0.6 is 27.3 Å². The van der Waals surface area contributed by atoms with Gasteiger partial charge in [0, 0.05) is 29.7 Å². The molecule has 0 aliphatic rings. The second-order valence-electron chi connectivity index (χ2n) is 4.18. The number of aryl methyl sites for hydroxylation is 1. The lowest BCUT2D eigenvalue weighted by molar-refractivity contribution is 0.590. The topological polar surface area (TPSA) is 24.9 Å². The van der Waals surface area contributed by atoms with E-state index in [0.717, 1.165) is 12.8 Å². The second-order valence-corrected chi connectivity index (χ2v) is 6.73. The van der Waals surface area contributed by atoms with Gasteiger partial charge >= 0.3 is 0 Å². The van der Waals surface area contributed by atoms with Crippen LogP contribution in [0.5, 0.6) is 0 Å². The first kappa shape index (κ1) is 13.7. The summed E-state index contributed by atoms with van der Waals surface area (Å²) < 4.78 is 1.19. The van der Waals surface area contributed by atoms with Crippen molar-refractivity contribution in [1.29, 1.82) is 0 Å². The quantitative estimate of drug-likeness (QED) is 0.900. The van der Waals surface area contributed by atoms with Crippen molar-refractivity contribution in [2.24, 2.45) is 0 Å². The maximum absolute atomic E-state index is 4.21. The number of nitrogens with zero attached hydrogens (tertiary/aromatic N) is 1. The Kier molecular flexibility index (Phi) is 4.92. The molecule has 2 nitrogen and oxygen atoms in total. The highest BCUT2D eigenvalue weighted by atomic mass is 79.9. The Morgan fingerprint density at radius 3 is 2.83 bits per heavy atom. The maximum atomic E-state index is 4.21. The van der Waals surface area contributed by atoms with Gasteiger partial charge in [-0.15, -0.1) is 11.3 Å². The van der Waals surface area contributed by atoms with Gasteiger partial charge in [0.1, 0.15) is 0 Å². The minimum absolute atomic E-state index is 0.355. The van der Waals surface area contributed by atoms with Crippen LogP contribution < -0.4 is 5.32 Å². The highest BCUT2D eigenvalue weighted by molar-refractivity contribution is 9.11. The largest absolute Gasteiger partial charge is 0.313 e. The predicted octanol–water partition coefficient (Wildman–Crippen LogP) is 3.97. The van der Waals surface area contributed by atoms with Crippen LogP contribution in [0.25, 0.3) is 0 Å². The van der Waals surface area contributed by atoms with Crippen molar-refractivity contribution >= 4 is 27.3 Å². The second kappa shape index (κ2) is 6.45. The van der Waals surface area contributed by atoms with Gasteiger partial charge in [-0.1, -0.05) is 6.92 Å². The van der Waals surface area contributed by atoms with Gasteiger partial charge in [0.15, 0.2) is 0 Å². The molecule has 0 aliphatic carbocycles. The van der Waals surface area contributed by atoms with Crippen molar-refractivity contribution in [3.8, 4) is 0 Å². The zero-order valence-corrected chi connectivity index (χ0v) is 13.0. The van der Waals surface area contributed by atoms with Crippen LogP contribution in [0.4, 0.5) is 0 Å². The first-order valence-corrected chi connectivity index (χ1v) is 7.69. The van der Waals surface area contributed by atoms with E-state index < -0.39 is 0 Å². The first-order valence-electron chi connectivity index (χ1n) is 6.08. The van der Waals surface area contributed by atoms with Crippen molar-refractivity contribution in [2.45, 2.75) is 25.8 Å². The monoisotopic (exact) mass is 324 g/mol. The molecule has 1 atom stereocenters. The lowest BCUT2D eigenvalue weighted by atomic mass is 9.98. The van der Waals surface area contributed by atoms with Crippen LogP contribution in [-0.4, -0.2) is 12.0 Å². The number of thiophene rings is 1. The van der Waals surface area contributed by atoms with E-state index in [0.29, 0.717) is 6.04 Å². The molecule has 4 heteroatoms. The summed E-state index contributed by atoms with van der Waals surface area (Å²) in [5.41, 5.74) is 2.69. The summed E-state index contributed by atoms with van der Waals surface area (Å²) in [7, 11) is 2.02. The maximum Gasteiger partial charge on any atom is 0.0701 e. The lowest BCUT2D eigenvalue weighted by Crippen LogP contribution is -2.20. The fraction of sp³-hybridized carbons (Fsp3) is 0.357. The molecule has 0 saturated heterocycles. The molecule has 2 aromatic rings. The van der Waals surface area contributed by atoms with Crippen LogP contribution in [0, 0.1) is 0 Å². The molecule has 0 spiro atoms. The number of halogens is 1. The molecule has 0 bridgehead atoms. The number of nitrogens with one attached hydrogen (secondary N) is 1. The Balaban J connectivity index is 2.22. The summed E-state index contributed by atoms with van der Waals surface area (Å²) >= 11 is 5.32. The number of aromatic nitrogens is 1. The molecule has 0 saturated carbocycles. The summed E-state index contributed by atoms with van der Waals surface area (Å²) in [5, 5.41) is 3.41. The van der Waals surface area contributed by atoms with Gasteiger partial charge in [0.2, 0.25) is 0 Å². The van der Waals surface area contributed by atoms with Gasteiger partial charge in [0.05, 0.1) is 3.79 Å². The summed E-state index contributed by atoms with van der Waals surface area (Å²) in [6.07, 6.45) is 5.90. The van der Waals surface area contributed by atoms with Crippen molar-refractivity contribution in [3.05, 3.63) is 50.4 Å². The summed E-state index contributed by atoms with van der Waals surface area (Å²) in [5.74, 6) is 0. The molecule has 2 aromatic heterocycles. The normalized spacial score (nSPS) is 12.6. The lowest BCUT2D eigenvalue weighted by Gasteiger charge is -2.18. The minimum Gasteiger partial charge on any atom is -0.313 e. The number of hydrogen-bond donors (Lipinski definition) is 1. The van der Waals surface area contributed by atoms with Gasteiger partial charge in [0.25, 0.3) is 0 Å². The molecule has 0 radical (unpaired) electrons. The van der Waals surface area contributed by atoms with E-state index in [1.54, 1.807) is 11.3 Å². The summed E-state index contributed by atoms with van der Waals surface area (Å²) in [6.45, 7) is 2.18. The van der Waals surface area contributed by atoms with E-state index in [1.165, 1.54) is 19.8 Å². The van der Waals surface area contributed by atoms with E-state index in [9.17, 15) is 0 Å². The summed E-state index contributed by atoms with van der Waals surface area (Å²) in [6, 6.07) is 6.78. The SMILES string of the molecule is CCc1cnccc1C(Cc1ccc(Br)s1)NC. The van der Waals surface area contributed by atoms with Gasteiger partial charge in [-0.25, -0.2) is 0 Å². The van der Waals surface area contributed by atoms with Gasteiger partial charge in [-0.2, -0.15) is 0 Å². The molecular weight excluding hydrogens is 308 g/mol. The smallest absolute Gasteiger partial charge is 0.0701 e. The van der Waals surface area contributed by atoms with E-state index >= 15 is 0 Å². The molecule has 96 valence electrons. The summed E-state index contributed by atoms with van der Waals surface area (Å²) in [4.78, 5) is 5.60. The third-order valence-corrected chi connectivity index (χ3v) is 4.73. The van der Waals surface area contributed by atoms with Gasteiger partial charge < -0.3 is 5.32 Å². The van der Waals surface area contributed by atoms with Gasteiger partial charge in [-0.05, 0) is 58.7 Å². The number of rotatable bonds is 5. The third kappa shape index (κ3) is 3.19. The van der Waals surface area contributed by atoms with Crippen LogP contribution in [0.2, 0.25) is 0 Å². The number of likely N-dealkylation sites (N-methyl/N-ethyl adjacent to an activating group) is 1. The standard InChI is InChI=1S/C14H17BrN2S/c1-3-10-9-17-7-6-12(10)13(16-2)8-11-4-5-14(15)18-11/h4-7,9,13,16H,3,8H2,1-2H3. The van der Waals surface area contributed by atoms with E-state index in [-0.39, 0.29) is 0 Å². The van der Waals surface area contributed by atoms with Crippen molar-refractivity contribution in [2.75, 3.05) is 7.05 Å². The Labute approximate surface area is 121 Å². The molecule has 0 amide bonds. The number of pyridine rings is 1. The Hall–Kier alpha value is -0.710. The molecule has 0 aliphatic heterocycles. The third-order valence-electron chi connectivity index (χ3n) is 3.08. The molecular formula is C14H17BrN2S. The number of hydrogen-bond acceptors (Lipinski definition) is 3. The highest BCUT2D eigenvalue weighted by Gasteiger charge is 2.14. The van der Waals surface area contributed by atoms with Gasteiger partial charge in [-0.3, -0.25) is 4.98 Å². The predicted molar refractivity (Wildman–Crippen MR) is 81.1 cm³/mol.